The molecule has 1 aliphatic heterocycles. The molecule has 0 aliphatic carbocycles. The molecule has 10 heteroatoms. The number of rotatable bonds is 5. The van der Waals surface area contributed by atoms with E-state index in [4.69, 9.17) is 16.3 Å². The van der Waals surface area contributed by atoms with Crippen LogP contribution in [0.15, 0.2) is 24.3 Å². The topological polar surface area (TPSA) is 101 Å². The molecule has 1 N–H and O–H groups in total. The van der Waals surface area contributed by atoms with E-state index in [-0.39, 0.29) is 42.1 Å². The van der Waals surface area contributed by atoms with Gasteiger partial charge in [-0.05, 0) is 25.1 Å². The van der Waals surface area contributed by atoms with Crippen molar-refractivity contribution in [2.45, 2.75) is 13.3 Å². The van der Waals surface area contributed by atoms with E-state index < -0.39 is 11.9 Å². The molecular weight excluding hydrogens is 380 g/mol. The van der Waals surface area contributed by atoms with Gasteiger partial charge in [0.1, 0.15) is 0 Å². The predicted octanol–water partition coefficient (Wildman–Crippen LogP) is 2.36. The predicted molar refractivity (Wildman–Crippen MR) is 96.4 cm³/mol. The highest BCUT2D eigenvalue weighted by atomic mass is 35.5. The molecule has 0 spiro atoms. The first-order valence-electron chi connectivity index (χ1n) is 7.86. The SMILES string of the molecule is CCOC(=O)c1nnsc1NC(=O)C1CC(=O)N(c2cccc(Cl)c2)C1. The van der Waals surface area contributed by atoms with E-state index in [0.29, 0.717) is 10.7 Å². The summed E-state index contributed by atoms with van der Waals surface area (Å²) in [6.45, 7) is 2.09. The monoisotopic (exact) mass is 394 g/mol. The van der Waals surface area contributed by atoms with Crippen LogP contribution in [0.25, 0.3) is 0 Å². The second kappa shape index (κ2) is 7.79. The van der Waals surface area contributed by atoms with Crippen molar-refractivity contribution in [1.82, 2.24) is 9.59 Å². The molecule has 8 nitrogen and oxygen atoms in total. The summed E-state index contributed by atoms with van der Waals surface area (Å²) in [7, 11) is 0. The van der Waals surface area contributed by atoms with Crippen LogP contribution < -0.4 is 10.2 Å². The molecule has 0 radical (unpaired) electrons. The van der Waals surface area contributed by atoms with E-state index in [1.165, 1.54) is 4.90 Å². The van der Waals surface area contributed by atoms with Gasteiger partial charge < -0.3 is 15.0 Å². The maximum absolute atomic E-state index is 12.5. The van der Waals surface area contributed by atoms with E-state index in [1.54, 1.807) is 31.2 Å². The molecule has 1 aliphatic rings. The average Bonchev–Trinajstić information content (AvgIpc) is 3.21. The van der Waals surface area contributed by atoms with E-state index in [2.05, 4.69) is 14.9 Å². The Hall–Kier alpha value is -2.52. The molecule has 0 saturated carbocycles. The fourth-order valence-electron chi connectivity index (χ4n) is 2.60. The molecule has 2 amide bonds. The Morgan fingerprint density at radius 2 is 2.27 bits per heavy atom. The Balaban J connectivity index is 1.69. The molecule has 1 saturated heterocycles. The van der Waals surface area contributed by atoms with Gasteiger partial charge in [0.25, 0.3) is 0 Å². The van der Waals surface area contributed by atoms with Crippen LogP contribution in [0.1, 0.15) is 23.8 Å². The molecular formula is C16H15ClN4O4S. The van der Waals surface area contributed by atoms with Gasteiger partial charge in [-0.1, -0.05) is 22.2 Å². The first-order chi connectivity index (χ1) is 12.5. The maximum Gasteiger partial charge on any atom is 0.362 e. The van der Waals surface area contributed by atoms with Crippen LogP contribution in [0, 0.1) is 5.92 Å². The number of ether oxygens (including phenoxy) is 1. The van der Waals surface area contributed by atoms with Gasteiger partial charge in [0.15, 0.2) is 5.00 Å². The molecule has 2 heterocycles. The smallest absolute Gasteiger partial charge is 0.362 e. The number of nitrogens with zero attached hydrogens (tertiary/aromatic N) is 3. The van der Waals surface area contributed by atoms with Gasteiger partial charge in [-0.3, -0.25) is 9.59 Å². The summed E-state index contributed by atoms with van der Waals surface area (Å²) < 4.78 is 8.55. The molecule has 2 aromatic rings. The maximum atomic E-state index is 12.5. The van der Waals surface area contributed by atoms with Crippen LogP contribution in [-0.2, 0) is 14.3 Å². The molecule has 136 valence electrons. The number of nitrogens with one attached hydrogen (secondary N) is 1. The largest absolute Gasteiger partial charge is 0.461 e. The second-order valence-electron chi connectivity index (χ2n) is 5.55. The summed E-state index contributed by atoms with van der Waals surface area (Å²) in [5, 5.41) is 7.04. The number of anilines is 2. The fourth-order valence-corrected chi connectivity index (χ4v) is 3.34. The first kappa shape index (κ1) is 18.3. The lowest BCUT2D eigenvalue weighted by Crippen LogP contribution is -2.28. The lowest BCUT2D eigenvalue weighted by Gasteiger charge is -2.16. The number of esters is 1. The second-order valence-corrected chi connectivity index (χ2v) is 6.74. The van der Waals surface area contributed by atoms with Crippen molar-refractivity contribution in [3.05, 3.63) is 35.0 Å². The molecule has 1 aromatic heterocycles. The highest BCUT2D eigenvalue weighted by Crippen LogP contribution is 2.28. The van der Waals surface area contributed by atoms with E-state index in [0.717, 1.165) is 11.5 Å². The summed E-state index contributed by atoms with van der Waals surface area (Å²) in [6.07, 6.45) is 0.0688. The Labute approximate surface area is 158 Å². The fraction of sp³-hybridized carbons (Fsp3) is 0.312. The minimum absolute atomic E-state index is 0.0405. The van der Waals surface area contributed by atoms with Crippen molar-refractivity contribution in [3.8, 4) is 0 Å². The van der Waals surface area contributed by atoms with Crippen molar-refractivity contribution >= 4 is 51.6 Å². The zero-order chi connectivity index (χ0) is 18.7. The number of hydrogen-bond donors (Lipinski definition) is 1. The number of hydrogen-bond acceptors (Lipinski definition) is 7. The van der Waals surface area contributed by atoms with Gasteiger partial charge in [0, 0.05) is 35.2 Å². The van der Waals surface area contributed by atoms with Crippen LogP contribution in [0.2, 0.25) is 5.02 Å². The van der Waals surface area contributed by atoms with Crippen molar-refractivity contribution in [2.75, 3.05) is 23.4 Å². The highest BCUT2D eigenvalue weighted by molar-refractivity contribution is 7.10. The molecule has 1 atom stereocenters. The van der Waals surface area contributed by atoms with Gasteiger partial charge >= 0.3 is 5.97 Å². The Bertz CT molecular complexity index is 856. The molecule has 1 aromatic carbocycles. The quantitative estimate of drug-likeness (QED) is 0.781. The van der Waals surface area contributed by atoms with E-state index in [9.17, 15) is 14.4 Å². The number of carbonyl (C=O) groups is 3. The van der Waals surface area contributed by atoms with Crippen LogP contribution in [0.3, 0.4) is 0 Å². The minimum atomic E-state index is -0.653. The number of carbonyl (C=O) groups excluding carboxylic acids is 3. The summed E-state index contributed by atoms with van der Waals surface area (Å²) >= 11 is 6.84. The minimum Gasteiger partial charge on any atom is -0.461 e. The van der Waals surface area contributed by atoms with Gasteiger partial charge in [-0.25, -0.2) is 4.79 Å². The van der Waals surface area contributed by atoms with Crippen LogP contribution >= 0.6 is 23.1 Å². The number of amides is 2. The van der Waals surface area contributed by atoms with E-state index >= 15 is 0 Å². The lowest BCUT2D eigenvalue weighted by molar-refractivity contribution is -0.122. The first-order valence-corrected chi connectivity index (χ1v) is 9.01. The number of halogens is 1. The molecule has 0 bridgehead atoms. The van der Waals surface area contributed by atoms with Crippen molar-refractivity contribution < 1.29 is 19.1 Å². The van der Waals surface area contributed by atoms with E-state index in [1.807, 2.05) is 0 Å². The van der Waals surface area contributed by atoms with Crippen molar-refractivity contribution in [1.29, 1.82) is 0 Å². The highest BCUT2D eigenvalue weighted by Gasteiger charge is 2.36. The van der Waals surface area contributed by atoms with Crippen LogP contribution in [-0.4, -0.2) is 40.5 Å². The summed E-state index contributed by atoms with van der Waals surface area (Å²) in [4.78, 5) is 38.1. The number of aromatic nitrogens is 2. The average molecular weight is 395 g/mol. The van der Waals surface area contributed by atoms with Gasteiger partial charge in [-0.2, -0.15) is 0 Å². The van der Waals surface area contributed by atoms with Crippen LogP contribution in [0.4, 0.5) is 10.7 Å². The van der Waals surface area contributed by atoms with Crippen molar-refractivity contribution in [3.63, 3.8) is 0 Å². The Morgan fingerprint density at radius 3 is 3.00 bits per heavy atom. The summed E-state index contributed by atoms with van der Waals surface area (Å²) in [5.41, 5.74) is 0.602. The standard InChI is InChI=1S/C16H15ClN4O4S/c1-2-25-16(24)13-15(26-20-19-13)18-14(23)9-6-12(22)21(8-9)11-5-3-4-10(17)7-11/h3-5,7,9H,2,6,8H2,1H3,(H,18,23). The van der Waals surface area contributed by atoms with Crippen molar-refractivity contribution in [2.24, 2.45) is 5.92 Å². The molecule has 1 unspecified atom stereocenters. The lowest BCUT2D eigenvalue weighted by atomic mass is 10.1. The molecule has 1 fully saturated rings. The third-order valence-electron chi connectivity index (χ3n) is 3.81. The van der Waals surface area contributed by atoms with Gasteiger partial charge in [-0.15, -0.1) is 5.10 Å². The van der Waals surface area contributed by atoms with Gasteiger partial charge in [0.2, 0.25) is 17.5 Å². The zero-order valence-corrected chi connectivity index (χ0v) is 15.3. The third-order valence-corrected chi connectivity index (χ3v) is 4.69. The molecule has 26 heavy (non-hydrogen) atoms. The summed E-state index contributed by atoms with van der Waals surface area (Å²) in [5.74, 6) is -1.75. The summed E-state index contributed by atoms with van der Waals surface area (Å²) in [6, 6.07) is 6.89. The van der Waals surface area contributed by atoms with Crippen LogP contribution in [0.5, 0.6) is 0 Å². The number of benzene rings is 1. The Kier molecular flexibility index (Phi) is 5.48. The normalized spacial score (nSPS) is 16.6. The zero-order valence-electron chi connectivity index (χ0n) is 13.8. The molecule has 3 rings (SSSR count). The Morgan fingerprint density at radius 1 is 1.46 bits per heavy atom. The third kappa shape index (κ3) is 3.83. The van der Waals surface area contributed by atoms with Gasteiger partial charge in [0.05, 0.1) is 12.5 Å².